The molecule has 1 saturated heterocycles. The number of halogens is 5. The molecule has 2 atom stereocenters. The molecule has 0 aromatic heterocycles. The Morgan fingerprint density at radius 3 is 2.21 bits per heavy atom. The topological polar surface area (TPSA) is 24.9 Å². The van der Waals surface area contributed by atoms with Crippen molar-refractivity contribution >= 4 is 0 Å². The van der Waals surface area contributed by atoms with Gasteiger partial charge < -0.3 is 9.47 Å². The third-order valence-corrected chi connectivity index (χ3v) is 4.79. The van der Waals surface area contributed by atoms with Gasteiger partial charge in [0.05, 0.1) is 18.6 Å². The van der Waals surface area contributed by atoms with Gasteiger partial charge in [-0.1, -0.05) is 13.8 Å². The fourth-order valence-electron chi connectivity index (χ4n) is 2.83. The van der Waals surface area contributed by atoms with Gasteiger partial charge in [-0.05, 0) is 12.8 Å². The molecule has 0 bridgehead atoms. The van der Waals surface area contributed by atoms with E-state index in [1.54, 1.807) is 6.92 Å². The molecule has 0 saturated carbocycles. The van der Waals surface area contributed by atoms with Crippen molar-refractivity contribution in [2.75, 3.05) is 40.5 Å². The van der Waals surface area contributed by atoms with Crippen LogP contribution in [-0.4, -0.2) is 74.3 Å². The zero-order chi connectivity index (χ0) is 18.8. The van der Waals surface area contributed by atoms with Crippen molar-refractivity contribution in [1.82, 2.24) is 9.80 Å². The second-order valence-electron chi connectivity index (χ2n) is 6.72. The standard InChI is InChI=1S/C15H27F5N2O2/c1-11(2)13(3,24-5)10-21-9-12(8-14(16,17)18)22(6-7-23-4)15(21,19)20/h11-12H,6-10H2,1-5H3. The average Bonchev–Trinajstić information content (AvgIpc) is 2.65. The predicted molar refractivity (Wildman–Crippen MR) is 79.8 cm³/mol. The first-order valence-electron chi connectivity index (χ1n) is 7.88. The van der Waals surface area contributed by atoms with Gasteiger partial charge in [0.1, 0.15) is 0 Å². The van der Waals surface area contributed by atoms with Crippen LogP contribution in [0.2, 0.25) is 0 Å². The van der Waals surface area contributed by atoms with Crippen molar-refractivity contribution in [3.63, 3.8) is 0 Å². The second kappa shape index (κ2) is 7.80. The largest absolute Gasteiger partial charge is 0.390 e. The van der Waals surface area contributed by atoms with Crippen molar-refractivity contribution in [2.24, 2.45) is 5.92 Å². The van der Waals surface area contributed by atoms with Gasteiger partial charge in [-0.15, -0.1) is 0 Å². The summed E-state index contributed by atoms with van der Waals surface area (Å²) in [6.07, 6.45) is -9.28. The first-order valence-corrected chi connectivity index (χ1v) is 7.88. The van der Waals surface area contributed by atoms with Crippen LogP contribution in [0.3, 0.4) is 0 Å². The highest BCUT2D eigenvalue weighted by molar-refractivity contribution is 4.95. The first kappa shape index (κ1) is 21.5. The van der Waals surface area contributed by atoms with Crippen LogP contribution in [0.1, 0.15) is 27.2 Å². The molecule has 144 valence electrons. The van der Waals surface area contributed by atoms with Gasteiger partial charge >= 0.3 is 12.3 Å². The van der Waals surface area contributed by atoms with Crippen molar-refractivity contribution in [2.45, 2.75) is 51.2 Å². The Morgan fingerprint density at radius 2 is 1.79 bits per heavy atom. The highest BCUT2D eigenvalue weighted by Crippen LogP contribution is 2.40. The summed E-state index contributed by atoms with van der Waals surface area (Å²) in [4.78, 5) is 1.36. The van der Waals surface area contributed by atoms with Gasteiger partial charge in [-0.25, -0.2) is 9.80 Å². The first-order chi connectivity index (χ1) is 10.9. The van der Waals surface area contributed by atoms with Crippen LogP contribution in [0.15, 0.2) is 0 Å². The van der Waals surface area contributed by atoms with Gasteiger partial charge in [0.25, 0.3) is 0 Å². The van der Waals surface area contributed by atoms with E-state index in [0.29, 0.717) is 4.90 Å². The fourth-order valence-corrected chi connectivity index (χ4v) is 2.83. The fraction of sp³-hybridized carbons (Fsp3) is 1.00. The van der Waals surface area contributed by atoms with Gasteiger partial charge in [0.15, 0.2) is 0 Å². The summed E-state index contributed by atoms with van der Waals surface area (Å²) in [5.41, 5.74) is -0.885. The lowest BCUT2D eigenvalue weighted by atomic mass is 9.91. The number of methoxy groups -OCH3 is 2. The highest BCUT2D eigenvalue weighted by Gasteiger charge is 2.57. The zero-order valence-corrected chi connectivity index (χ0v) is 14.8. The van der Waals surface area contributed by atoms with Crippen molar-refractivity contribution < 1.29 is 31.4 Å². The molecule has 1 aliphatic heterocycles. The quantitative estimate of drug-likeness (QED) is 0.489. The van der Waals surface area contributed by atoms with Crippen LogP contribution in [0, 0.1) is 5.92 Å². The Morgan fingerprint density at radius 1 is 1.21 bits per heavy atom. The van der Waals surface area contributed by atoms with E-state index in [-0.39, 0.29) is 32.2 Å². The maximum atomic E-state index is 14.7. The molecule has 0 amide bonds. The van der Waals surface area contributed by atoms with E-state index >= 15 is 0 Å². The van der Waals surface area contributed by atoms with Crippen LogP contribution in [0.4, 0.5) is 22.0 Å². The third kappa shape index (κ3) is 5.00. The molecule has 0 N–H and O–H groups in total. The number of alkyl halides is 5. The summed E-state index contributed by atoms with van der Waals surface area (Å²) in [6.45, 7) is 4.47. The molecule has 2 unspecified atom stereocenters. The van der Waals surface area contributed by atoms with E-state index < -0.39 is 30.4 Å². The van der Waals surface area contributed by atoms with Crippen LogP contribution in [0.5, 0.6) is 0 Å². The molecular weight excluding hydrogens is 335 g/mol. The van der Waals surface area contributed by atoms with E-state index in [0.717, 1.165) is 4.90 Å². The van der Waals surface area contributed by atoms with Gasteiger partial charge in [0, 0.05) is 39.9 Å². The van der Waals surface area contributed by atoms with E-state index in [2.05, 4.69) is 0 Å². The molecule has 1 fully saturated rings. The molecule has 0 spiro atoms. The van der Waals surface area contributed by atoms with E-state index in [1.165, 1.54) is 14.2 Å². The maximum Gasteiger partial charge on any atom is 0.390 e. The summed E-state index contributed by atoms with van der Waals surface area (Å²) >= 11 is 0. The average molecular weight is 362 g/mol. The number of nitrogens with zero attached hydrogens (tertiary/aromatic N) is 2. The SMILES string of the molecule is COCCN1C(CC(F)(F)F)CN(CC(C)(OC)C(C)C)C1(F)F. The molecule has 0 radical (unpaired) electrons. The third-order valence-electron chi connectivity index (χ3n) is 4.79. The van der Waals surface area contributed by atoms with Crippen LogP contribution in [0.25, 0.3) is 0 Å². The van der Waals surface area contributed by atoms with Crippen molar-refractivity contribution in [1.29, 1.82) is 0 Å². The molecule has 0 aliphatic carbocycles. The summed E-state index contributed by atoms with van der Waals surface area (Å²) < 4.78 is 77.9. The summed E-state index contributed by atoms with van der Waals surface area (Å²) in [7, 11) is 2.75. The Kier molecular flexibility index (Phi) is 7.00. The van der Waals surface area contributed by atoms with Crippen molar-refractivity contribution in [3.05, 3.63) is 0 Å². The van der Waals surface area contributed by atoms with Gasteiger partial charge in [-0.2, -0.15) is 22.0 Å². The Labute approximate surface area is 139 Å². The monoisotopic (exact) mass is 362 g/mol. The number of ether oxygens (including phenoxy) is 2. The van der Waals surface area contributed by atoms with E-state index in [9.17, 15) is 22.0 Å². The number of hydrogen-bond acceptors (Lipinski definition) is 4. The molecule has 24 heavy (non-hydrogen) atoms. The molecule has 0 aromatic carbocycles. The minimum atomic E-state index is -4.51. The number of rotatable bonds is 8. The van der Waals surface area contributed by atoms with Crippen molar-refractivity contribution in [3.8, 4) is 0 Å². The van der Waals surface area contributed by atoms with Crippen LogP contribution < -0.4 is 0 Å². The molecule has 1 rings (SSSR count). The molecule has 0 aromatic rings. The van der Waals surface area contributed by atoms with Crippen LogP contribution in [-0.2, 0) is 9.47 Å². The predicted octanol–water partition coefficient (Wildman–Crippen LogP) is 3.18. The lowest BCUT2D eigenvalue weighted by Crippen LogP contribution is -2.54. The Hall–Kier alpha value is -0.510. The van der Waals surface area contributed by atoms with E-state index in [1.807, 2.05) is 13.8 Å². The summed E-state index contributed by atoms with van der Waals surface area (Å²) in [5.74, 6) is -0.0765. The zero-order valence-electron chi connectivity index (χ0n) is 14.8. The van der Waals surface area contributed by atoms with Gasteiger partial charge in [-0.3, -0.25) is 0 Å². The molecule has 1 aliphatic rings. The minimum absolute atomic E-state index is 0.0660. The smallest absolute Gasteiger partial charge is 0.383 e. The molecule has 1 heterocycles. The lowest BCUT2D eigenvalue weighted by Gasteiger charge is -2.38. The molecule has 4 nitrogen and oxygen atoms in total. The Bertz CT molecular complexity index is 406. The number of hydrogen-bond donors (Lipinski definition) is 0. The van der Waals surface area contributed by atoms with Crippen LogP contribution >= 0.6 is 0 Å². The Balaban J connectivity index is 3.01. The van der Waals surface area contributed by atoms with Gasteiger partial charge in [0.2, 0.25) is 0 Å². The normalized spacial score (nSPS) is 25.4. The lowest BCUT2D eigenvalue weighted by molar-refractivity contribution is -0.236. The minimum Gasteiger partial charge on any atom is -0.383 e. The molecule has 9 heteroatoms. The molecular formula is C15H27F5N2O2. The highest BCUT2D eigenvalue weighted by atomic mass is 19.4. The second-order valence-corrected chi connectivity index (χ2v) is 6.72. The summed E-state index contributed by atoms with van der Waals surface area (Å²) in [6, 6.07) is -1.32. The summed E-state index contributed by atoms with van der Waals surface area (Å²) in [5, 5.41) is 0. The maximum absolute atomic E-state index is 14.7. The van der Waals surface area contributed by atoms with E-state index in [4.69, 9.17) is 9.47 Å².